The number of nitrogen functional groups attached to an aromatic ring is 3. The third kappa shape index (κ3) is 28.5. The van der Waals surface area contributed by atoms with Gasteiger partial charge in [0, 0.05) is 68.7 Å². The van der Waals surface area contributed by atoms with E-state index >= 15 is 0 Å². The quantitative estimate of drug-likeness (QED) is 0.0153. The Balaban J connectivity index is 0.000000188. The first kappa shape index (κ1) is 92.1. The number of imidazole rings is 3. The fraction of sp³-hybridized carbons (Fsp3) is 0.289. The molecule has 0 amide bonds. The van der Waals surface area contributed by atoms with Crippen molar-refractivity contribution in [2.24, 2.45) is 0 Å². The highest BCUT2D eigenvalue weighted by atomic mass is 35.5. The summed E-state index contributed by atoms with van der Waals surface area (Å²) < 4.78 is 102. The van der Waals surface area contributed by atoms with Crippen molar-refractivity contribution < 1.29 is 74.2 Å². The number of halogens is 3. The van der Waals surface area contributed by atoms with Gasteiger partial charge in [0.1, 0.15) is 24.8 Å². The van der Waals surface area contributed by atoms with Crippen molar-refractivity contribution in [3.63, 3.8) is 0 Å². The molecule has 0 aliphatic carbocycles. The van der Waals surface area contributed by atoms with Crippen LogP contribution in [0.2, 0.25) is 15.1 Å². The van der Waals surface area contributed by atoms with E-state index in [1.807, 2.05) is 51.1 Å². The molecule has 119 heavy (non-hydrogen) atoms. The molecule has 3 atom stereocenters. The maximum atomic E-state index is 13.6. The number of methoxy groups -OCH3 is 1. The molecule has 0 fully saturated rings. The summed E-state index contributed by atoms with van der Waals surface area (Å²) in [6, 6.07) is 40.7. The minimum atomic E-state index is -3.75. The molecule has 3 unspecified atom stereocenters. The molecule has 0 radical (unpaired) electrons. The van der Waals surface area contributed by atoms with Gasteiger partial charge in [-0.15, -0.1) is 0 Å². The Labute approximate surface area is 708 Å². The number of ether oxygens (including phenoxy) is 4. The van der Waals surface area contributed by atoms with Gasteiger partial charge in [-0.3, -0.25) is 57.4 Å². The van der Waals surface area contributed by atoms with Crippen LogP contribution in [-0.4, -0.2) is 157 Å². The number of aromatic amines is 3. The number of nitrogens with one attached hydrogen (secondary N) is 3. The van der Waals surface area contributed by atoms with Crippen molar-refractivity contribution in [1.29, 1.82) is 0 Å². The molecule has 0 saturated carbocycles. The molecular formula is C76H83Cl3N15O19P3S3. The van der Waals surface area contributed by atoms with Crippen molar-refractivity contribution in [3.8, 4) is 5.75 Å². The van der Waals surface area contributed by atoms with E-state index in [-0.39, 0.29) is 165 Å². The largest absolute Gasteiger partial charge is 0.496 e. The number of aryl methyl sites for hydroxylation is 3. The van der Waals surface area contributed by atoms with E-state index in [1.54, 1.807) is 130 Å². The summed E-state index contributed by atoms with van der Waals surface area (Å²) in [6.07, 6.45) is 3.34. The zero-order valence-corrected chi connectivity index (χ0v) is 71.9. The summed E-state index contributed by atoms with van der Waals surface area (Å²) in [7, 11) is -9.63. The second-order valence-electron chi connectivity index (χ2n) is 25.7. The summed E-state index contributed by atoms with van der Waals surface area (Å²) in [6.45, 7) is 6.85. The lowest BCUT2D eigenvalue weighted by Gasteiger charge is -2.19. The average Bonchev–Trinajstić information content (AvgIpc) is 1.68. The Hall–Kier alpha value is -9.17. The highest BCUT2D eigenvalue weighted by molar-refractivity contribution is 8.14. The van der Waals surface area contributed by atoms with Gasteiger partial charge in [-0.2, -0.15) is 15.0 Å². The first-order valence-electron chi connectivity index (χ1n) is 36.1. The normalized spacial score (nSPS) is 12.9. The maximum Gasteiger partial charge on any atom is 0.356 e. The van der Waals surface area contributed by atoms with E-state index in [1.165, 1.54) is 19.0 Å². The number of nitrogens with zero attached hydrogens (tertiary/aromatic N) is 9. The fourth-order valence-electron chi connectivity index (χ4n) is 10.7. The van der Waals surface area contributed by atoms with Gasteiger partial charge in [0.2, 0.25) is 33.2 Å². The number of H-pyrrole nitrogens is 3. The van der Waals surface area contributed by atoms with Gasteiger partial charge < -0.3 is 77.0 Å². The molecule has 12 aromatic rings. The zero-order chi connectivity index (χ0) is 85.1. The third-order valence-corrected chi connectivity index (χ3v) is 24.7. The Morgan fingerprint density at radius 1 is 0.420 bits per heavy atom. The molecule has 6 aromatic carbocycles. The van der Waals surface area contributed by atoms with Crippen LogP contribution in [0.4, 0.5) is 17.8 Å². The molecule has 630 valence electrons. The van der Waals surface area contributed by atoms with Crippen molar-refractivity contribution in [2.75, 3.05) is 100 Å². The molecule has 12 rings (SSSR count). The number of thioether (sulfide) groups is 3. The molecule has 6 aromatic heterocycles. The van der Waals surface area contributed by atoms with Crippen LogP contribution in [0, 0.1) is 20.8 Å². The van der Waals surface area contributed by atoms with E-state index < -0.39 is 39.5 Å². The van der Waals surface area contributed by atoms with Gasteiger partial charge in [0.25, 0.3) is 16.7 Å². The van der Waals surface area contributed by atoms with Crippen molar-refractivity contribution in [2.45, 2.75) is 60.2 Å². The third-order valence-electron chi connectivity index (χ3n) is 16.6. The highest BCUT2D eigenvalue weighted by Crippen LogP contribution is 2.51. The van der Waals surface area contributed by atoms with E-state index in [0.29, 0.717) is 71.1 Å². The summed E-state index contributed by atoms with van der Waals surface area (Å²) >= 11 is 21.3. The fourth-order valence-corrected chi connectivity index (χ4v) is 17.5. The molecule has 43 heteroatoms. The predicted molar refractivity (Wildman–Crippen MR) is 460 cm³/mol. The van der Waals surface area contributed by atoms with Gasteiger partial charge in [0.15, 0.2) is 33.5 Å². The molecule has 0 saturated heterocycles. The highest BCUT2D eigenvalue weighted by Gasteiger charge is 2.30. The van der Waals surface area contributed by atoms with Crippen molar-refractivity contribution >= 4 is 160 Å². The summed E-state index contributed by atoms with van der Waals surface area (Å²) in [5, 5.41) is 1.18. The number of hydrogen-bond donors (Lipinski definition) is 6. The van der Waals surface area contributed by atoms with Gasteiger partial charge in [-0.1, -0.05) is 172 Å². The second kappa shape index (κ2) is 44.9. The van der Waals surface area contributed by atoms with E-state index in [2.05, 4.69) is 44.9 Å². The predicted octanol–water partition coefficient (Wildman–Crippen LogP) is 13.9. The number of nitrogens with two attached hydrogens (primary N) is 3. The first-order valence-corrected chi connectivity index (χ1v) is 45.4. The van der Waals surface area contributed by atoms with Gasteiger partial charge in [-0.05, 0) is 91.6 Å². The summed E-state index contributed by atoms with van der Waals surface area (Å²) in [5.74, 6) is 1.33. The SMILES string of the molecule is COc1cc(C(=O)SCCOP(=O)(COCCn2cnc3c(=O)[nH]c(N)nc32)OCc2cccc(Cl)c2)ccc1C.Cc1ccc(C(=O)SCCOP(=O)(COCCn2cnc3c(=O)[nH]c(N)nc32)OCc2cccc(Cl)c2)cc1.Cc1ccc(C(=O)SCCOP(=O)(COCCn2cnc3c(=O)[nH]c(N)nc32)OCc2cccc(Cl)c2)cc1. The smallest absolute Gasteiger partial charge is 0.356 e. The molecule has 0 bridgehead atoms. The Bertz CT molecular complexity index is 5600. The molecule has 0 spiro atoms. The van der Waals surface area contributed by atoms with Crippen LogP contribution in [0.15, 0.2) is 173 Å². The minimum Gasteiger partial charge on any atom is -0.496 e. The Morgan fingerprint density at radius 2 is 0.731 bits per heavy atom. The number of carbonyl (C=O) groups excluding carboxylic acids is 3. The first-order chi connectivity index (χ1) is 57.1. The zero-order valence-electron chi connectivity index (χ0n) is 64.5. The standard InChI is InChI=1S/C26H29ClN5O7PS.2C25H27ClN5O6PS/c1-17-6-7-19(13-21(17)36-2)25(34)41-11-10-38-40(35,39-14-18-4-3-5-20(27)12-18)16-37-9-8-32-15-29-22-23(32)30-26(28)31-24(22)33;2*1-17-5-7-19(8-6-17)24(33)39-12-11-36-38(34,37-14-18-3-2-4-20(26)13-18)16-35-10-9-31-15-28-21-22(31)29-25(27)30-23(21)32/h3-7,12-13,15H,8-11,14,16H2,1-2H3,(H3,28,30,31,33);2*2-8,13,15H,9-12,14,16H2,1H3,(H3,27,29,30,32). The Kier molecular flexibility index (Phi) is 34.8. The van der Waals surface area contributed by atoms with Gasteiger partial charge >= 0.3 is 22.8 Å². The molecule has 9 N–H and O–H groups in total. The lowest BCUT2D eigenvalue weighted by Crippen LogP contribution is -2.13. The second-order valence-corrected chi connectivity index (χ2v) is 36.2. The Morgan fingerprint density at radius 3 is 1.04 bits per heavy atom. The molecule has 6 heterocycles. The van der Waals surface area contributed by atoms with Crippen LogP contribution in [0.25, 0.3) is 33.5 Å². The van der Waals surface area contributed by atoms with Crippen LogP contribution in [0.1, 0.15) is 64.5 Å². The molecule has 0 aliphatic heterocycles. The topological polar surface area (TPSA) is 463 Å². The van der Waals surface area contributed by atoms with Crippen LogP contribution >= 0.6 is 92.9 Å². The van der Waals surface area contributed by atoms with Gasteiger partial charge in [0.05, 0.1) is 85.6 Å². The monoisotopic (exact) mass is 1800 g/mol. The van der Waals surface area contributed by atoms with Crippen molar-refractivity contribution in [1.82, 2.24) is 58.6 Å². The molecule has 0 aliphatic rings. The van der Waals surface area contributed by atoms with E-state index in [4.69, 9.17) is 98.1 Å². The number of fused-ring (bicyclic) bond motifs is 3. The lowest BCUT2D eigenvalue weighted by atomic mass is 10.1. The number of benzene rings is 6. The van der Waals surface area contributed by atoms with E-state index in [0.717, 1.165) is 52.0 Å². The van der Waals surface area contributed by atoms with E-state index in [9.17, 15) is 42.5 Å². The molecular weight excluding hydrogens is 1720 g/mol. The number of hydrogen-bond acceptors (Lipinski definition) is 31. The summed E-state index contributed by atoms with van der Waals surface area (Å²) in [5.41, 5.74) is 23.8. The van der Waals surface area contributed by atoms with Gasteiger partial charge in [-0.25, -0.2) is 15.0 Å². The van der Waals surface area contributed by atoms with Crippen LogP contribution in [0.3, 0.4) is 0 Å². The number of anilines is 3. The minimum absolute atomic E-state index is 0.00519. The number of carbonyl (C=O) groups is 3. The molecule has 34 nitrogen and oxygen atoms in total. The summed E-state index contributed by atoms with van der Waals surface area (Å²) in [4.78, 5) is 105. The van der Waals surface area contributed by atoms with Crippen molar-refractivity contribution in [3.05, 3.63) is 255 Å². The van der Waals surface area contributed by atoms with Crippen LogP contribution < -0.4 is 38.6 Å². The maximum absolute atomic E-state index is 13.6. The lowest BCUT2D eigenvalue weighted by molar-refractivity contribution is 0.108. The average molecular weight is 1810 g/mol. The van der Waals surface area contributed by atoms with Crippen LogP contribution in [0.5, 0.6) is 5.75 Å². The number of aromatic nitrogens is 12. The number of rotatable bonds is 40. The van der Waals surface area contributed by atoms with Crippen LogP contribution in [-0.2, 0) is 94.5 Å².